The van der Waals surface area contributed by atoms with Crippen molar-refractivity contribution in [2.75, 3.05) is 0 Å². The molecule has 2 aromatic rings. The predicted molar refractivity (Wildman–Crippen MR) is 87.1 cm³/mol. The van der Waals surface area contributed by atoms with E-state index in [4.69, 9.17) is 0 Å². The van der Waals surface area contributed by atoms with Crippen LogP contribution in [0.1, 0.15) is 56.0 Å². The van der Waals surface area contributed by atoms with Crippen molar-refractivity contribution in [2.45, 2.75) is 45.7 Å². The van der Waals surface area contributed by atoms with E-state index < -0.39 is 0 Å². The van der Waals surface area contributed by atoms with E-state index in [0.29, 0.717) is 12.1 Å². The molecule has 1 N–H and O–H groups in total. The Kier molecular flexibility index (Phi) is 3.81. The molecule has 0 bridgehead atoms. The Morgan fingerprint density at radius 1 is 1.14 bits per heavy atom. The highest BCUT2D eigenvalue weighted by molar-refractivity contribution is 5.34. The van der Waals surface area contributed by atoms with Crippen molar-refractivity contribution in [3.05, 3.63) is 65.5 Å². The molecular formula is C19H24N2. The van der Waals surface area contributed by atoms with Gasteiger partial charge in [-0.25, -0.2) is 0 Å². The quantitative estimate of drug-likeness (QED) is 0.898. The van der Waals surface area contributed by atoms with Gasteiger partial charge in [0.05, 0.1) is 0 Å². The summed E-state index contributed by atoms with van der Waals surface area (Å²) in [6.45, 7) is 6.99. The fraction of sp³-hybridized carbons (Fsp3) is 0.421. The van der Waals surface area contributed by atoms with Gasteiger partial charge >= 0.3 is 0 Å². The van der Waals surface area contributed by atoms with E-state index in [9.17, 15) is 0 Å². The molecule has 0 saturated carbocycles. The molecular weight excluding hydrogens is 256 g/mol. The molecule has 3 rings (SSSR count). The van der Waals surface area contributed by atoms with Crippen LogP contribution in [0.5, 0.6) is 0 Å². The molecule has 1 heterocycles. The van der Waals surface area contributed by atoms with E-state index in [0.717, 1.165) is 0 Å². The van der Waals surface area contributed by atoms with Gasteiger partial charge in [0.1, 0.15) is 0 Å². The molecule has 110 valence electrons. The highest BCUT2D eigenvalue weighted by Gasteiger charge is 2.36. The van der Waals surface area contributed by atoms with Gasteiger partial charge in [-0.05, 0) is 54.0 Å². The minimum atomic E-state index is 0.273. The first-order chi connectivity index (χ1) is 10.1. The zero-order valence-corrected chi connectivity index (χ0v) is 13.1. The van der Waals surface area contributed by atoms with Crippen molar-refractivity contribution >= 4 is 0 Å². The Balaban J connectivity index is 1.89. The number of aryl methyl sites for hydroxylation is 1. The Morgan fingerprint density at radius 3 is 2.62 bits per heavy atom. The van der Waals surface area contributed by atoms with Gasteiger partial charge in [-0.1, -0.05) is 38.1 Å². The lowest BCUT2D eigenvalue weighted by atomic mass is 9.70. The monoisotopic (exact) mass is 280 g/mol. The number of hydrogen-bond donors (Lipinski definition) is 1. The molecule has 2 atom stereocenters. The third-order valence-corrected chi connectivity index (χ3v) is 4.81. The zero-order valence-electron chi connectivity index (χ0n) is 13.1. The molecule has 0 saturated heterocycles. The molecule has 0 fully saturated rings. The Morgan fingerprint density at radius 2 is 1.86 bits per heavy atom. The third-order valence-electron chi connectivity index (χ3n) is 4.81. The van der Waals surface area contributed by atoms with Gasteiger partial charge in [0.25, 0.3) is 0 Å². The summed E-state index contributed by atoms with van der Waals surface area (Å²) in [7, 11) is 0. The topological polar surface area (TPSA) is 24.9 Å². The van der Waals surface area contributed by atoms with Gasteiger partial charge in [-0.3, -0.25) is 4.98 Å². The SMILES string of the molecule is C[C@@H](NC1c2ccccc2CCC1(C)C)c1ccncc1. The number of nitrogens with one attached hydrogen (secondary N) is 1. The van der Waals surface area contributed by atoms with Crippen molar-refractivity contribution in [3.8, 4) is 0 Å². The summed E-state index contributed by atoms with van der Waals surface area (Å²) in [6.07, 6.45) is 6.15. The number of nitrogens with zero attached hydrogens (tertiary/aromatic N) is 1. The molecule has 1 aromatic carbocycles. The molecule has 1 aromatic heterocycles. The molecule has 1 aliphatic carbocycles. The third kappa shape index (κ3) is 2.86. The Labute approximate surface area is 127 Å². The lowest BCUT2D eigenvalue weighted by molar-refractivity contribution is 0.196. The molecule has 2 nitrogen and oxygen atoms in total. The molecule has 0 amide bonds. The summed E-state index contributed by atoms with van der Waals surface area (Å²) < 4.78 is 0. The van der Waals surface area contributed by atoms with E-state index in [-0.39, 0.29) is 5.41 Å². The summed E-state index contributed by atoms with van der Waals surface area (Å²) in [6, 6.07) is 13.8. The summed E-state index contributed by atoms with van der Waals surface area (Å²) >= 11 is 0. The van der Waals surface area contributed by atoms with Crippen molar-refractivity contribution in [1.82, 2.24) is 10.3 Å². The smallest absolute Gasteiger partial charge is 0.0379 e. The second kappa shape index (κ2) is 5.61. The van der Waals surface area contributed by atoms with Gasteiger partial charge in [0, 0.05) is 24.5 Å². The van der Waals surface area contributed by atoms with Gasteiger partial charge in [-0.2, -0.15) is 0 Å². The van der Waals surface area contributed by atoms with Crippen LogP contribution >= 0.6 is 0 Å². The number of pyridine rings is 1. The summed E-state index contributed by atoms with van der Waals surface area (Å²) in [4.78, 5) is 4.11. The van der Waals surface area contributed by atoms with Crippen molar-refractivity contribution in [3.63, 3.8) is 0 Å². The number of rotatable bonds is 3. The average molecular weight is 280 g/mol. The molecule has 0 radical (unpaired) electrons. The number of hydrogen-bond acceptors (Lipinski definition) is 2. The van der Waals surface area contributed by atoms with Crippen LogP contribution in [0.4, 0.5) is 0 Å². The van der Waals surface area contributed by atoms with E-state index in [1.54, 1.807) is 0 Å². The van der Waals surface area contributed by atoms with E-state index in [1.165, 1.54) is 29.5 Å². The second-order valence-corrected chi connectivity index (χ2v) is 6.79. The summed E-state index contributed by atoms with van der Waals surface area (Å²) in [5.74, 6) is 0. The normalized spacial score (nSPS) is 21.6. The van der Waals surface area contributed by atoms with Crippen molar-refractivity contribution < 1.29 is 0 Å². The molecule has 1 aliphatic rings. The fourth-order valence-electron chi connectivity index (χ4n) is 3.38. The van der Waals surface area contributed by atoms with E-state index >= 15 is 0 Å². The average Bonchev–Trinajstić information content (AvgIpc) is 2.51. The van der Waals surface area contributed by atoms with Gasteiger partial charge < -0.3 is 5.32 Å². The summed E-state index contributed by atoms with van der Waals surface area (Å²) in [5, 5.41) is 3.85. The van der Waals surface area contributed by atoms with Crippen molar-refractivity contribution in [1.29, 1.82) is 0 Å². The lowest BCUT2D eigenvalue weighted by Gasteiger charge is -2.42. The van der Waals surface area contributed by atoms with Gasteiger partial charge in [0.2, 0.25) is 0 Å². The first kappa shape index (κ1) is 14.3. The highest BCUT2D eigenvalue weighted by Crippen LogP contribution is 2.44. The second-order valence-electron chi connectivity index (χ2n) is 6.79. The van der Waals surface area contributed by atoms with Crippen LogP contribution in [0.3, 0.4) is 0 Å². The van der Waals surface area contributed by atoms with Crippen LogP contribution in [-0.4, -0.2) is 4.98 Å². The number of fused-ring (bicyclic) bond motifs is 1. The standard InChI is InChI=1S/C19H24N2/c1-14(15-9-12-20-13-10-15)21-18-17-7-5-4-6-16(17)8-11-19(18,2)3/h4-7,9-10,12-14,18,21H,8,11H2,1-3H3/t14-,18?/m1/s1. The first-order valence-corrected chi connectivity index (χ1v) is 7.82. The van der Waals surface area contributed by atoms with Gasteiger partial charge in [0.15, 0.2) is 0 Å². The number of aromatic nitrogens is 1. The zero-order chi connectivity index (χ0) is 14.9. The lowest BCUT2D eigenvalue weighted by Crippen LogP contribution is -2.39. The van der Waals surface area contributed by atoms with Crippen LogP contribution in [0.15, 0.2) is 48.8 Å². The van der Waals surface area contributed by atoms with Crippen LogP contribution in [0.25, 0.3) is 0 Å². The molecule has 2 heteroatoms. The Hall–Kier alpha value is -1.67. The van der Waals surface area contributed by atoms with Crippen LogP contribution in [0.2, 0.25) is 0 Å². The number of benzene rings is 1. The van der Waals surface area contributed by atoms with Crippen molar-refractivity contribution in [2.24, 2.45) is 5.41 Å². The van der Waals surface area contributed by atoms with Crippen LogP contribution in [0, 0.1) is 5.41 Å². The predicted octanol–water partition coefficient (Wildman–Crippen LogP) is 4.45. The first-order valence-electron chi connectivity index (χ1n) is 7.82. The maximum atomic E-state index is 4.11. The van der Waals surface area contributed by atoms with Crippen LogP contribution in [-0.2, 0) is 6.42 Å². The minimum absolute atomic E-state index is 0.273. The van der Waals surface area contributed by atoms with Crippen LogP contribution < -0.4 is 5.32 Å². The van der Waals surface area contributed by atoms with Gasteiger partial charge in [-0.15, -0.1) is 0 Å². The maximum absolute atomic E-state index is 4.11. The minimum Gasteiger partial charge on any atom is -0.303 e. The Bertz CT molecular complexity index is 604. The van der Waals surface area contributed by atoms with E-state index in [2.05, 4.69) is 67.5 Å². The highest BCUT2D eigenvalue weighted by atomic mass is 15.0. The fourth-order valence-corrected chi connectivity index (χ4v) is 3.38. The molecule has 0 aliphatic heterocycles. The molecule has 1 unspecified atom stereocenters. The largest absolute Gasteiger partial charge is 0.303 e. The van der Waals surface area contributed by atoms with E-state index in [1.807, 2.05) is 12.4 Å². The maximum Gasteiger partial charge on any atom is 0.0379 e. The molecule has 21 heavy (non-hydrogen) atoms. The molecule has 0 spiro atoms. The summed E-state index contributed by atoms with van der Waals surface area (Å²) in [5.41, 5.74) is 4.53.